The molecule has 0 saturated heterocycles. The van der Waals surface area contributed by atoms with Gasteiger partial charge >= 0.3 is 0 Å². The van der Waals surface area contributed by atoms with Crippen LogP contribution in [0.1, 0.15) is 50.4 Å². The Balaban J connectivity index is 1.90. The molecule has 1 saturated carbocycles. The van der Waals surface area contributed by atoms with Crippen molar-refractivity contribution in [2.45, 2.75) is 52.1 Å². The third-order valence-electron chi connectivity index (χ3n) is 3.44. The van der Waals surface area contributed by atoms with E-state index in [1.54, 1.807) is 0 Å². The van der Waals surface area contributed by atoms with Gasteiger partial charge < -0.3 is 5.32 Å². The molecule has 16 heavy (non-hydrogen) atoms. The molecule has 1 N–H and O–H groups in total. The fraction of sp³-hybridized carbons (Fsp3) is 0.769. The van der Waals surface area contributed by atoms with E-state index in [4.69, 9.17) is 0 Å². The zero-order valence-corrected chi connectivity index (χ0v) is 10.8. The van der Waals surface area contributed by atoms with Gasteiger partial charge in [0.05, 0.1) is 5.69 Å². The number of rotatable bonds is 5. The third kappa shape index (κ3) is 2.85. The molecule has 0 amide bonds. The first-order valence-electron chi connectivity index (χ1n) is 6.32. The highest BCUT2D eigenvalue weighted by Gasteiger charge is 2.24. The Morgan fingerprint density at radius 1 is 1.50 bits per heavy atom. The topological polar surface area (TPSA) is 29.9 Å². The summed E-state index contributed by atoms with van der Waals surface area (Å²) in [5, 5.41) is 8.06. The van der Waals surface area contributed by atoms with E-state index in [-0.39, 0.29) is 0 Å². The Morgan fingerprint density at radius 3 is 2.69 bits per heavy atom. The van der Waals surface area contributed by atoms with Gasteiger partial charge in [-0.3, -0.25) is 4.68 Å². The minimum Gasteiger partial charge on any atom is -0.308 e. The average Bonchev–Trinajstić information content (AvgIpc) is 2.90. The molecule has 1 aromatic rings. The van der Waals surface area contributed by atoms with E-state index in [1.165, 1.54) is 24.8 Å². The Kier molecular flexibility index (Phi) is 3.33. The molecule has 1 aliphatic rings. The van der Waals surface area contributed by atoms with Crippen molar-refractivity contribution in [2.24, 2.45) is 13.0 Å². The zero-order chi connectivity index (χ0) is 11.7. The Labute approximate surface area is 98.2 Å². The molecule has 0 bridgehead atoms. The Bertz CT molecular complexity index is 352. The molecule has 1 heterocycles. The second-order valence-electron chi connectivity index (χ2n) is 5.31. The van der Waals surface area contributed by atoms with E-state index in [9.17, 15) is 0 Å². The maximum Gasteiger partial charge on any atom is 0.0641 e. The molecule has 0 aliphatic heterocycles. The summed E-state index contributed by atoms with van der Waals surface area (Å²) in [6.45, 7) is 6.60. The van der Waals surface area contributed by atoms with Crippen LogP contribution >= 0.6 is 0 Å². The van der Waals surface area contributed by atoms with Crippen molar-refractivity contribution in [2.75, 3.05) is 0 Å². The molecule has 1 fully saturated rings. The van der Waals surface area contributed by atoms with Crippen molar-refractivity contribution in [1.82, 2.24) is 15.1 Å². The molecule has 1 aromatic heterocycles. The lowest BCUT2D eigenvalue weighted by Gasteiger charge is -2.19. The molecule has 0 aromatic carbocycles. The minimum atomic E-state index is 0.405. The summed E-state index contributed by atoms with van der Waals surface area (Å²) >= 11 is 0. The number of aromatic nitrogens is 2. The van der Waals surface area contributed by atoms with Crippen LogP contribution in [0.25, 0.3) is 0 Å². The first-order valence-corrected chi connectivity index (χ1v) is 6.32. The number of nitrogens with one attached hydrogen (secondary N) is 1. The van der Waals surface area contributed by atoms with Gasteiger partial charge in [-0.25, -0.2) is 0 Å². The van der Waals surface area contributed by atoms with Gasteiger partial charge in [0.1, 0.15) is 0 Å². The highest BCUT2D eigenvalue weighted by atomic mass is 15.3. The summed E-state index contributed by atoms with van der Waals surface area (Å²) in [6.07, 6.45) is 6.32. The van der Waals surface area contributed by atoms with Gasteiger partial charge in [-0.15, -0.1) is 0 Å². The van der Waals surface area contributed by atoms with E-state index in [2.05, 4.69) is 37.4 Å². The van der Waals surface area contributed by atoms with Crippen LogP contribution in [-0.4, -0.2) is 15.8 Å². The molecule has 1 aliphatic carbocycles. The molecule has 2 rings (SSSR count). The number of hydrogen-bond acceptors (Lipinski definition) is 2. The molecular weight excluding hydrogens is 198 g/mol. The predicted octanol–water partition coefficient (Wildman–Crippen LogP) is 2.57. The van der Waals surface area contributed by atoms with E-state index in [0.29, 0.717) is 12.1 Å². The van der Waals surface area contributed by atoms with Gasteiger partial charge in [-0.1, -0.05) is 12.8 Å². The van der Waals surface area contributed by atoms with Gasteiger partial charge in [0, 0.05) is 30.9 Å². The van der Waals surface area contributed by atoms with Gasteiger partial charge in [-0.2, -0.15) is 5.10 Å². The Hall–Kier alpha value is -0.830. The monoisotopic (exact) mass is 221 g/mol. The van der Waals surface area contributed by atoms with Crippen molar-refractivity contribution in [3.05, 3.63) is 17.5 Å². The van der Waals surface area contributed by atoms with Crippen molar-refractivity contribution >= 4 is 0 Å². The molecular formula is C13H23N3. The summed E-state index contributed by atoms with van der Waals surface area (Å²) in [5.74, 6) is 0.990. The lowest BCUT2D eigenvalue weighted by molar-refractivity contribution is 0.437. The zero-order valence-electron chi connectivity index (χ0n) is 10.8. The van der Waals surface area contributed by atoms with Crippen molar-refractivity contribution in [3.8, 4) is 0 Å². The third-order valence-corrected chi connectivity index (χ3v) is 3.44. The van der Waals surface area contributed by atoms with E-state index < -0.39 is 0 Å². The minimum absolute atomic E-state index is 0.405. The molecule has 3 heteroatoms. The highest BCUT2D eigenvalue weighted by molar-refractivity contribution is 5.19. The first-order chi connectivity index (χ1) is 7.56. The van der Waals surface area contributed by atoms with E-state index in [1.807, 2.05) is 11.7 Å². The molecule has 0 spiro atoms. The smallest absolute Gasteiger partial charge is 0.0641 e. The van der Waals surface area contributed by atoms with Crippen LogP contribution in [-0.2, 0) is 7.05 Å². The van der Waals surface area contributed by atoms with Crippen molar-refractivity contribution in [1.29, 1.82) is 0 Å². The molecule has 0 radical (unpaired) electrons. The van der Waals surface area contributed by atoms with Crippen LogP contribution < -0.4 is 5.32 Å². The number of nitrogens with zero attached hydrogens (tertiary/aromatic N) is 2. The molecule has 90 valence electrons. The fourth-order valence-corrected chi connectivity index (χ4v) is 2.48. The van der Waals surface area contributed by atoms with Crippen LogP contribution in [0.5, 0.6) is 0 Å². The van der Waals surface area contributed by atoms with Crippen LogP contribution in [0.2, 0.25) is 0 Å². The van der Waals surface area contributed by atoms with E-state index in [0.717, 1.165) is 11.6 Å². The predicted molar refractivity (Wildman–Crippen MR) is 66.3 cm³/mol. The lowest BCUT2D eigenvalue weighted by atomic mass is 10.1. The van der Waals surface area contributed by atoms with Gasteiger partial charge in [0.25, 0.3) is 0 Å². The van der Waals surface area contributed by atoms with Gasteiger partial charge in [0.15, 0.2) is 0 Å². The van der Waals surface area contributed by atoms with Crippen LogP contribution in [0.15, 0.2) is 6.20 Å². The second-order valence-corrected chi connectivity index (χ2v) is 5.31. The second kappa shape index (κ2) is 4.58. The number of aryl methyl sites for hydroxylation is 2. The molecule has 3 nitrogen and oxygen atoms in total. The highest BCUT2D eigenvalue weighted by Crippen LogP contribution is 2.33. The standard InChI is InChI=1S/C13H23N3/c1-9(7-12-5-6-12)14-10(2)13-8-16(4)15-11(13)3/h8-10,12,14H,5-7H2,1-4H3. The summed E-state index contributed by atoms with van der Waals surface area (Å²) < 4.78 is 1.90. The fourth-order valence-electron chi connectivity index (χ4n) is 2.48. The van der Waals surface area contributed by atoms with Crippen LogP contribution in [0, 0.1) is 12.8 Å². The largest absolute Gasteiger partial charge is 0.308 e. The van der Waals surface area contributed by atoms with Crippen LogP contribution in [0.3, 0.4) is 0 Å². The number of hydrogen-bond donors (Lipinski definition) is 1. The maximum atomic E-state index is 4.39. The Morgan fingerprint density at radius 2 is 2.19 bits per heavy atom. The summed E-state index contributed by atoms with van der Waals surface area (Å²) in [4.78, 5) is 0. The quantitative estimate of drug-likeness (QED) is 0.828. The summed E-state index contributed by atoms with van der Waals surface area (Å²) in [6, 6.07) is 1.02. The summed E-state index contributed by atoms with van der Waals surface area (Å²) in [7, 11) is 1.98. The molecule has 2 unspecified atom stereocenters. The lowest BCUT2D eigenvalue weighted by Crippen LogP contribution is -2.29. The molecule has 2 atom stereocenters. The average molecular weight is 221 g/mol. The van der Waals surface area contributed by atoms with Crippen molar-refractivity contribution in [3.63, 3.8) is 0 Å². The maximum absolute atomic E-state index is 4.39. The van der Waals surface area contributed by atoms with Crippen LogP contribution in [0.4, 0.5) is 0 Å². The first kappa shape index (κ1) is 11.6. The van der Waals surface area contributed by atoms with E-state index >= 15 is 0 Å². The van der Waals surface area contributed by atoms with Gasteiger partial charge in [-0.05, 0) is 33.1 Å². The SMILES string of the molecule is Cc1nn(C)cc1C(C)NC(C)CC1CC1. The van der Waals surface area contributed by atoms with Crippen molar-refractivity contribution < 1.29 is 0 Å². The summed E-state index contributed by atoms with van der Waals surface area (Å²) in [5.41, 5.74) is 2.46. The van der Waals surface area contributed by atoms with Gasteiger partial charge in [0.2, 0.25) is 0 Å². The normalized spacial score (nSPS) is 19.8.